The smallest absolute Gasteiger partial charge is 0.123 e. The molecule has 2 rings (SSSR count). The van der Waals surface area contributed by atoms with Gasteiger partial charge >= 0.3 is 0 Å². The molecule has 4 heteroatoms. The molecular weight excluding hydrogens is 257 g/mol. The number of benzene rings is 1. The number of aryl methyl sites for hydroxylation is 1. The van der Waals surface area contributed by atoms with E-state index in [1.165, 1.54) is 0 Å². The Morgan fingerprint density at radius 3 is 2.59 bits per heavy atom. The van der Waals surface area contributed by atoms with Crippen molar-refractivity contribution >= 4 is 23.2 Å². The van der Waals surface area contributed by atoms with Gasteiger partial charge < -0.3 is 10.2 Å². The summed E-state index contributed by atoms with van der Waals surface area (Å²) < 4.78 is 5.37. The van der Waals surface area contributed by atoms with E-state index < -0.39 is 0 Å². The van der Waals surface area contributed by atoms with Gasteiger partial charge in [0.25, 0.3) is 0 Å². The van der Waals surface area contributed by atoms with Gasteiger partial charge in [0.15, 0.2) is 0 Å². The van der Waals surface area contributed by atoms with E-state index in [0.717, 1.165) is 16.9 Å². The van der Waals surface area contributed by atoms with Crippen LogP contribution in [0, 0.1) is 6.92 Å². The highest BCUT2D eigenvalue weighted by atomic mass is 35.5. The summed E-state index contributed by atoms with van der Waals surface area (Å²) in [6.07, 6.45) is 2.32. The van der Waals surface area contributed by atoms with Gasteiger partial charge in [-0.2, -0.15) is 0 Å². The first-order chi connectivity index (χ1) is 8.08. The van der Waals surface area contributed by atoms with Crippen molar-refractivity contribution in [3.63, 3.8) is 0 Å². The van der Waals surface area contributed by atoms with Crippen molar-refractivity contribution < 1.29 is 4.42 Å². The van der Waals surface area contributed by atoms with Gasteiger partial charge in [-0.15, -0.1) is 0 Å². The molecule has 1 aromatic heterocycles. The van der Waals surface area contributed by atoms with Crippen molar-refractivity contribution in [1.82, 2.24) is 0 Å². The molecule has 1 heterocycles. The van der Waals surface area contributed by atoms with Crippen LogP contribution in [0.15, 0.2) is 34.9 Å². The van der Waals surface area contributed by atoms with Crippen LogP contribution in [0.2, 0.25) is 10.0 Å². The summed E-state index contributed by atoms with van der Waals surface area (Å²) >= 11 is 11.8. The van der Waals surface area contributed by atoms with Crippen molar-refractivity contribution in [3.8, 4) is 0 Å². The predicted octanol–water partition coefficient (Wildman–Crippen LogP) is 4.14. The fourth-order valence-corrected chi connectivity index (χ4v) is 2.10. The van der Waals surface area contributed by atoms with Gasteiger partial charge in [-0.3, -0.25) is 0 Å². The number of nitrogens with two attached hydrogens (primary N) is 1. The molecule has 1 aromatic carbocycles. The number of furan rings is 1. The molecule has 90 valence electrons. The van der Waals surface area contributed by atoms with Crippen molar-refractivity contribution in [2.45, 2.75) is 19.4 Å². The molecule has 1 unspecified atom stereocenters. The Bertz CT molecular complexity index is 522. The summed E-state index contributed by atoms with van der Waals surface area (Å²) in [6.45, 7) is 1.98. The first-order valence-corrected chi connectivity index (χ1v) is 6.07. The minimum Gasteiger partial charge on any atom is -0.467 e. The van der Waals surface area contributed by atoms with Gasteiger partial charge in [-0.25, -0.2) is 0 Å². The molecule has 0 saturated heterocycles. The van der Waals surface area contributed by atoms with Crippen molar-refractivity contribution in [3.05, 3.63) is 57.5 Å². The Kier molecular flexibility index (Phi) is 3.77. The second-order valence-corrected chi connectivity index (χ2v) is 4.84. The van der Waals surface area contributed by atoms with Gasteiger partial charge in [-0.1, -0.05) is 29.3 Å². The fraction of sp³-hybridized carbons (Fsp3) is 0.231. The van der Waals surface area contributed by atoms with Crippen LogP contribution in [0.4, 0.5) is 0 Å². The molecule has 0 fully saturated rings. The minimum atomic E-state index is -0.165. The average Bonchev–Trinajstić information content (AvgIpc) is 2.70. The maximum atomic E-state index is 6.09. The molecule has 0 aliphatic carbocycles. The van der Waals surface area contributed by atoms with E-state index in [4.69, 9.17) is 33.4 Å². The van der Waals surface area contributed by atoms with Gasteiger partial charge in [0.2, 0.25) is 0 Å². The second-order valence-electron chi connectivity index (χ2n) is 4.03. The Morgan fingerprint density at radius 1 is 1.24 bits per heavy atom. The van der Waals surface area contributed by atoms with Gasteiger partial charge in [0, 0.05) is 0 Å². The van der Waals surface area contributed by atoms with E-state index in [2.05, 4.69) is 0 Å². The fourth-order valence-electron chi connectivity index (χ4n) is 1.78. The lowest BCUT2D eigenvalue weighted by Gasteiger charge is -2.10. The summed E-state index contributed by atoms with van der Waals surface area (Å²) in [5, 5.41) is 1.10. The topological polar surface area (TPSA) is 39.2 Å². The first-order valence-electron chi connectivity index (χ1n) is 5.31. The van der Waals surface area contributed by atoms with Crippen LogP contribution in [0.25, 0.3) is 0 Å². The highest BCUT2D eigenvalue weighted by Crippen LogP contribution is 2.26. The van der Waals surface area contributed by atoms with Crippen molar-refractivity contribution in [2.75, 3.05) is 0 Å². The van der Waals surface area contributed by atoms with E-state index in [9.17, 15) is 0 Å². The van der Waals surface area contributed by atoms with E-state index in [0.29, 0.717) is 16.5 Å². The van der Waals surface area contributed by atoms with E-state index in [1.807, 2.05) is 25.1 Å². The Balaban J connectivity index is 2.16. The molecule has 0 saturated carbocycles. The van der Waals surface area contributed by atoms with E-state index >= 15 is 0 Å². The zero-order valence-corrected chi connectivity index (χ0v) is 10.9. The van der Waals surface area contributed by atoms with Crippen LogP contribution in [0.5, 0.6) is 0 Å². The Morgan fingerprint density at radius 2 is 2.00 bits per heavy atom. The summed E-state index contributed by atoms with van der Waals surface area (Å²) in [5.74, 6) is 0.816. The van der Waals surface area contributed by atoms with Crippen LogP contribution in [0.1, 0.15) is 22.9 Å². The monoisotopic (exact) mass is 269 g/mol. The first kappa shape index (κ1) is 12.5. The maximum absolute atomic E-state index is 6.09. The molecule has 1 atom stereocenters. The molecule has 0 aliphatic rings. The number of hydrogen-bond acceptors (Lipinski definition) is 2. The number of halogens is 2. The highest BCUT2D eigenvalue weighted by molar-refractivity contribution is 6.42. The molecule has 2 aromatic rings. The van der Waals surface area contributed by atoms with Crippen LogP contribution in [-0.4, -0.2) is 0 Å². The van der Waals surface area contributed by atoms with Crippen LogP contribution in [-0.2, 0) is 6.42 Å². The lowest BCUT2D eigenvalue weighted by Crippen LogP contribution is -2.13. The Hall–Kier alpha value is -0.960. The third-order valence-corrected chi connectivity index (χ3v) is 3.42. The average molecular weight is 270 g/mol. The van der Waals surface area contributed by atoms with Crippen molar-refractivity contribution in [1.29, 1.82) is 0 Å². The quantitative estimate of drug-likeness (QED) is 0.910. The maximum Gasteiger partial charge on any atom is 0.123 e. The minimum absolute atomic E-state index is 0.165. The van der Waals surface area contributed by atoms with E-state index in [1.54, 1.807) is 12.3 Å². The molecule has 0 amide bonds. The van der Waals surface area contributed by atoms with Crippen molar-refractivity contribution in [2.24, 2.45) is 5.73 Å². The van der Waals surface area contributed by atoms with Crippen LogP contribution < -0.4 is 5.73 Å². The summed E-state index contributed by atoms with van der Waals surface area (Å²) in [7, 11) is 0. The predicted molar refractivity (Wildman–Crippen MR) is 70.5 cm³/mol. The lowest BCUT2D eigenvalue weighted by molar-refractivity contribution is 0.461. The van der Waals surface area contributed by atoms with E-state index in [-0.39, 0.29) is 6.04 Å². The highest BCUT2D eigenvalue weighted by Gasteiger charge is 2.13. The molecule has 2 nitrogen and oxygen atoms in total. The molecular formula is C13H13Cl2NO. The van der Waals surface area contributed by atoms with Crippen LogP contribution in [0.3, 0.4) is 0 Å². The lowest BCUT2D eigenvalue weighted by atomic mass is 10.0. The summed E-state index contributed by atoms with van der Waals surface area (Å²) in [4.78, 5) is 0. The standard InChI is InChI=1S/C13H13Cl2NO/c1-8-4-5-17-13(8)12(16)7-9-2-3-10(14)11(15)6-9/h2-6,12H,7,16H2,1H3. The Labute approximate surface area is 110 Å². The van der Waals surface area contributed by atoms with Gasteiger partial charge in [-0.05, 0) is 42.7 Å². The number of hydrogen-bond donors (Lipinski definition) is 1. The van der Waals surface area contributed by atoms with Gasteiger partial charge in [0.1, 0.15) is 5.76 Å². The molecule has 0 bridgehead atoms. The largest absolute Gasteiger partial charge is 0.467 e. The van der Waals surface area contributed by atoms with Crippen LogP contribution >= 0.6 is 23.2 Å². The molecule has 0 spiro atoms. The summed E-state index contributed by atoms with van der Waals surface area (Å²) in [6, 6.07) is 7.28. The van der Waals surface area contributed by atoms with Gasteiger partial charge in [0.05, 0.1) is 22.4 Å². The molecule has 0 aliphatic heterocycles. The molecule has 17 heavy (non-hydrogen) atoms. The zero-order valence-electron chi connectivity index (χ0n) is 9.41. The summed E-state index contributed by atoms with van der Waals surface area (Å²) in [5.41, 5.74) is 8.20. The third-order valence-electron chi connectivity index (χ3n) is 2.68. The molecule has 2 N–H and O–H groups in total. The number of rotatable bonds is 3. The third kappa shape index (κ3) is 2.83. The zero-order chi connectivity index (χ0) is 12.4. The molecule has 0 radical (unpaired) electrons. The second kappa shape index (κ2) is 5.13. The normalized spacial score (nSPS) is 12.7. The SMILES string of the molecule is Cc1ccoc1C(N)Cc1ccc(Cl)c(Cl)c1.